The van der Waals surface area contributed by atoms with E-state index < -0.39 is 0 Å². The van der Waals surface area contributed by atoms with E-state index in [4.69, 9.17) is 14.2 Å². The third-order valence-electron chi connectivity index (χ3n) is 4.00. The Morgan fingerprint density at radius 2 is 1.93 bits per heavy atom. The van der Waals surface area contributed by atoms with E-state index in [2.05, 4.69) is 15.6 Å². The maximum absolute atomic E-state index is 12.4. The molecular formula is C20H17N3O4. The summed E-state index contributed by atoms with van der Waals surface area (Å²) in [5.41, 5.74) is 1.92. The van der Waals surface area contributed by atoms with Crippen LogP contribution in [0.25, 0.3) is 0 Å². The van der Waals surface area contributed by atoms with E-state index >= 15 is 0 Å². The topological polar surface area (TPSA) is 81.7 Å². The smallest absolute Gasteiger partial charge is 0.257 e. The molecule has 4 rings (SSSR count). The summed E-state index contributed by atoms with van der Waals surface area (Å²) in [5.74, 6) is 2.41. The maximum Gasteiger partial charge on any atom is 0.257 e. The van der Waals surface area contributed by atoms with Crippen LogP contribution < -0.4 is 24.8 Å². The molecule has 2 heterocycles. The van der Waals surface area contributed by atoms with Gasteiger partial charge in [0, 0.05) is 29.7 Å². The molecule has 3 aromatic rings. The van der Waals surface area contributed by atoms with Crippen LogP contribution in [0.15, 0.2) is 60.8 Å². The molecule has 0 saturated heterocycles. The fourth-order valence-corrected chi connectivity index (χ4v) is 2.63. The van der Waals surface area contributed by atoms with Crippen molar-refractivity contribution in [3.8, 4) is 17.2 Å². The van der Waals surface area contributed by atoms with Crippen molar-refractivity contribution in [2.24, 2.45) is 0 Å². The van der Waals surface area contributed by atoms with Gasteiger partial charge in [-0.15, -0.1) is 0 Å². The summed E-state index contributed by atoms with van der Waals surface area (Å²) in [4.78, 5) is 16.7. The molecule has 0 bridgehead atoms. The van der Waals surface area contributed by atoms with E-state index in [9.17, 15) is 4.79 Å². The Bertz CT molecular complexity index is 973. The van der Waals surface area contributed by atoms with E-state index in [-0.39, 0.29) is 12.7 Å². The minimum absolute atomic E-state index is 0.193. The summed E-state index contributed by atoms with van der Waals surface area (Å²) >= 11 is 0. The second kappa shape index (κ2) is 7.25. The van der Waals surface area contributed by atoms with Crippen LogP contribution >= 0.6 is 0 Å². The molecule has 7 heteroatoms. The second-order valence-electron chi connectivity index (χ2n) is 5.81. The molecule has 2 aromatic carbocycles. The third kappa shape index (κ3) is 3.77. The van der Waals surface area contributed by atoms with Crippen LogP contribution in [0, 0.1) is 0 Å². The molecule has 0 fully saturated rings. The van der Waals surface area contributed by atoms with Gasteiger partial charge in [0.1, 0.15) is 11.6 Å². The molecule has 7 nitrogen and oxygen atoms in total. The first-order chi connectivity index (χ1) is 13.2. The van der Waals surface area contributed by atoms with E-state index in [1.807, 2.05) is 24.3 Å². The standard InChI is InChI=1S/C20H17N3O4/c1-25-16-4-2-3-14(9-16)22-19-8-5-13(11-21-19)20(24)23-15-6-7-17-18(10-15)27-12-26-17/h2-11H,12H2,1H3,(H,21,22)(H,23,24). The van der Waals surface area contributed by atoms with Crippen molar-refractivity contribution < 1.29 is 19.0 Å². The highest BCUT2D eigenvalue weighted by atomic mass is 16.7. The van der Waals surface area contributed by atoms with E-state index in [1.165, 1.54) is 6.20 Å². The van der Waals surface area contributed by atoms with Gasteiger partial charge in [0.2, 0.25) is 6.79 Å². The Morgan fingerprint density at radius 3 is 2.74 bits per heavy atom. The van der Waals surface area contributed by atoms with Crippen LogP contribution in [0.1, 0.15) is 10.4 Å². The zero-order valence-corrected chi connectivity index (χ0v) is 14.6. The Balaban J connectivity index is 1.43. The van der Waals surface area contributed by atoms with Crippen LogP contribution in [0.4, 0.5) is 17.2 Å². The van der Waals surface area contributed by atoms with Crippen molar-refractivity contribution in [3.63, 3.8) is 0 Å². The van der Waals surface area contributed by atoms with Gasteiger partial charge in [0.15, 0.2) is 11.5 Å². The number of ether oxygens (including phenoxy) is 3. The number of fused-ring (bicyclic) bond motifs is 1. The van der Waals surface area contributed by atoms with Crippen molar-refractivity contribution >= 4 is 23.1 Å². The monoisotopic (exact) mass is 363 g/mol. The van der Waals surface area contributed by atoms with Gasteiger partial charge in [-0.1, -0.05) is 6.07 Å². The highest BCUT2D eigenvalue weighted by molar-refractivity contribution is 6.04. The van der Waals surface area contributed by atoms with Gasteiger partial charge >= 0.3 is 0 Å². The molecule has 0 aliphatic carbocycles. The SMILES string of the molecule is COc1cccc(Nc2ccc(C(=O)Nc3ccc4c(c3)OCO4)cn2)c1. The number of amides is 1. The fraction of sp³-hybridized carbons (Fsp3) is 0.100. The summed E-state index contributed by atoms with van der Waals surface area (Å²) in [5, 5.41) is 5.99. The van der Waals surface area contributed by atoms with Crippen molar-refractivity contribution in [2.75, 3.05) is 24.5 Å². The first-order valence-electron chi connectivity index (χ1n) is 8.29. The van der Waals surface area contributed by atoms with Gasteiger partial charge in [-0.05, 0) is 36.4 Å². The van der Waals surface area contributed by atoms with Crippen LogP contribution in [-0.4, -0.2) is 24.8 Å². The molecule has 1 amide bonds. The minimum atomic E-state index is -0.255. The van der Waals surface area contributed by atoms with Crippen molar-refractivity contribution in [1.29, 1.82) is 0 Å². The summed E-state index contributed by atoms with van der Waals surface area (Å²) in [6.45, 7) is 0.193. The van der Waals surface area contributed by atoms with Gasteiger partial charge in [-0.25, -0.2) is 4.98 Å². The van der Waals surface area contributed by atoms with Gasteiger partial charge in [0.05, 0.1) is 12.7 Å². The summed E-state index contributed by atoms with van der Waals surface area (Å²) in [7, 11) is 1.62. The van der Waals surface area contributed by atoms with Crippen LogP contribution in [0.3, 0.4) is 0 Å². The Morgan fingerprint density at radius 1 is 1.04 bits per heavy atom. The first-order valence-corrected chi connectivity index (χ1v) is 8.29. The number of hydrogen-bond donors (Lipinski definition) is 2. The average molecular weight is 363 g/mol. The predicted octanol–water partition coefficient (Wildman–Crippen LogP) is 3.81. The van der Waals surface area contributed by atoms with Crippen molar-refractivity contribution in [3.05, 3.63) is 66.4 Å². The van der Waals surface area contributed by atoms with Crippen LogP contribution in [-0.2, 0) is 0 Å². The number of benzene rings is 2. The summed E-state index contributed by atoms with van der Waals surface area (Å²) in [6.07, 6.45) is 1.52. The maximum atomic E-state index is 12.4. The number of aromatic nitrogens is 1. The van der Waals surface area contributed by atoms with E-state index in [1.54, 1.807) is 37.4 Å². The Labute approximate surface area is 155 Å². The number of anilines is 3. The lowest BCUT2D eigenvalue weighted by Crippen LogP contribution is -2.12. The zero-order chi connectivity index (χ0) is 18.6. The molecule has 1 aliphatic rings. The number of pyridine rings is 1. The number of carbonyl (C=O) groups is 1. The minimum Gasteiger partial charge on any atom is -0.497 e. The number of nitrogens with one attached hydrogen (secondary N) is 2. The molecule has 0 spiro atoms. The average Bonchev–Trinajstić information content (AvgIpc) is 3.16. The van der Waals surface area contributed by atoms with Gasteiger partial charge in [-0.3, -0.25) is 4.79 Å². The molecule has 1 aliphatic heterocycles. The summed E-state index contributed by atoms with van der Waals surface area (Å²) < 4.78 is 15.8. The molecule has 0 atom stereocenters. The molecule has 0 saturated carbocycles. The highest BCUT2D eigenvalue weighted by Gasteiger charge is 2.14. The Hall–Kier alpha value is -3.74. The molecule has 1 aromatic heterocycles. The predicted molar refractivity (Wildman–Crippen MR) is 101 cm³/mol. The third-order valence-corrected chi connectivity index (χ3v) is 4.00. The van der Waals surface area contributed by atoms with Gasteiger partial charge < -0.3 is 24.8 Å². The molecule has 136 valence electrons. The molecule has 0 unspecified atom stereocenters. The number of nitrogens with zero attached hydrogens (tertiary/aromatic N) is 1. The largest absolute Gasteiger partial charge is 0.497 e. The van der Waals surface area contributed by atoms with Crippen LogP contribution in [0.5, 0.6) is 17.2 Å². The molecule has 0 radical (unpaired) electrons. The van der Waals surface area contributed by atoms with Crippen LogP contribution in [0.2, 0.25) is 0 Å². The fourth-order valence-electron chi connectivity index (χ4n) is 2.63. The second-order valence-corrected chi connectivity index (χ2v) is 5.81. The van der Waals surface area contributed by atoms with E-state index in [0.717, 1.165) is 11.4 Å². The lowest BCUT2D eigenvalue weighted by molar-refractivity contribution is 0.102. The van der Waals surface area contributed by atoms with Gasteiger partial charge in [-0.2, -0.15) is 0 Å². The molecule has 2 N–H and O–H groups in total. The van der Waals surface area contributed by atoms with Gasteiger partial charge in [0.25, 0.3) is 5.91 Å². The Kier molecular flexibility index (Phi) is 4.49. The lowest BCUT2D eigenvalue weighted by Gasteiger charge is -2.09. The number of hydrogen-bond acceptors (Lipinski definition) is 6. The number of carbonyl (C=O) groups excluding carboxylic acids is 1. The highest BCUT2D eigenvalue weighted by Crippen LogP contribution is 2.34. The normalized spacial score (nSPS) is 11.7. The van der Waals surface area contributed by atoms with Crippen molar-refractivity contribution in [2.45, 2.75) is 0 Å². The first kappa shape index (κ1) is 16.7. The van der Waals surface area contributed by atoms with Crippen molar-refractivity contribution in [1.82, 2.24) is 4.98 Å². The zero-order valence-electron chi connectivity index (χ0n) is 14.6. The quantitative estimate of drug-likeness (QED) is 0.717. The number of methoxy groups -OCH3 is 1. The lowest BCUT2D eigenvalue weighted by atomic mass is 10.2. The molecular weight excluding hydrogens is 346 g/mol. The number of rotatable bonds is 5. The molecule has 27 heavy (non-hydrogen) atoms. The van der Waals surface area contributed by atoms with E-state index in [0.29, 0.717) is 28.6 Å². The summed E-state index contributed by atoms with van der Waals surface area (Å²) in [6, 6.07) is 16.2.